The van der Waals surface area contributed by atoms with Crippen LogP contribution in [0.15, 0.2) is 24.3 Å². The van der Waals surface area contributed by atoms with E-state index in [0.717, 1.165) is 31.4 Å². The highest BCUT2D eigenvalue weighted by Gasteiger charge is 2.24. The lowest BCUT2D eigenvalue weighted by atomic mass is 9.87. The topological polar surface area (TPSA) is 64.3 Å². The van der Waals surface area contributed by atoms with Gasteiger partial charge in [0.2, 0.25) is 0 Å². The van der Waals surface area contributed by atoms with Crippen LogP contribution in [0.4, 0.5) is 10.5 Å². The highest BCUT2D eigenvalue weighted by atomic mass is 16.6. The molecule has 1 aromatic carbocycles. The molecule has 116 valence electrons. The summed E-state index contributed by atoms with van der Waals surface area (Å²) in [5.74, 6) is 0. The number of ether oxygens (including phenoxy) is 1. The van der Waals surface area contributed by atoms with Crippen molar-refractivity contribution in [2.24, 2.45) is 5.73 Å². The molecule has 1 aliphatic rings. The molecule has 0 radical (unpaired) electrons. The van der Waals surface area contributed by atoms with Crippen molar-refractivity contribution in [1.82, 2.24) is 0 Å². The van der Waals surface area contributed by atoms with E-state index in [2.05, 4.69) is 50.4 Å². The molecule has 21 heavy (non-hydrogen) atoms. The Balaban J connectivity index is 1.93. The molecule has 0 saturated heterocycles. The monoisotopic (exact) mass is 290 g/mol. The molecule has 0 aliphatic heterocycles. The van der Waals surface area contributed by atoms with Crippen LogP contribution in [-0.2, 0) is 10.2 Å². The number of anilines is 1. The number of carbonyl (C=O) groups is 1. The molecule has 0 spiro atoms. The Labute approximate surface area is 127 Å². The Bertz CT molecular complexity index is 477. The number of benzene rings is 1. The second-order valence-electron chi connectivity index (χ2n) is 6.89. The van der Waals surface area contributed by atoms with Crippen molar-refractivity contribution in [3.8, 4) is 0 Å². The quantitative estimate of drug-likeness (QED) is 0.890. The van der Waals surface area contributed by atoms with Gasteiger partial charge in [0.15, 0.2) is 0 Å². The number of primary amides is 1. The molecular formula is C17H26N2O2. The van der Waals surface area contributed by atoms with Gasteiger partial charge < -0.3 is 15.8 Å². The van der Waals surface area contributed by atoms with Gasteiger partial charge in [0, 0.05) is 18.2 Å². The number of hydrogen-bond donors (Lipinski definition) is 2. The summed E-state index contributed by atoms with van der Waals surface area (Å²) in [7, 11) is 0. The maximum Gasteiger partial charge on any atom is 0.404 e. The predicted molar refractivity (Wildman–Crippen MR) is 85.5 cm³/mol. The van der Waals surface area contributed by atoms with Crippen LogP contribution in [0.25, 0.3) is 0 Å². The van der Waals surface area contributed by atoms with Gasteiger partial charge in [0.05, 0.1) is 0 Å². The Kier molecular flexibility index (Phi) is 4.76. The van der Waals surface area contributed by atoms with Crippen molar-refractivity contribution in [3.05, 3.63) is 29.8 Å². The fraction of sp³-hybridized carbons (Fsp3) is 0.588. The van der Waals surface area contributed by atoms with Crippen LogP contribution < -0.4 is 11.1 Å². The minimum absolute atomic E-state index is 0.0531. The van der Waals surface area contributed by atoms with Crippen LogP contribution in [0.2, 0.25) is 0 Å². The number of nitrogens with two attached hydrogens (primary N) is 1. The standard InChI is InChI=1S/C17H26N2O2/c1-17(2,3)12-7-9-13(10-8-12)19-14-5-4-6-15(11-14)21-16(18)20/h7-10,14-15,19H,4-6,11H2,1-3H3,(H2,18,20). The number of carbonyl (C=O) groups excluding carboxylic acids is 1. The van der Waals surface area contributed by atoms with Crippen LogP contribution in [0, 0.1) is 0 Å². The van der Waals surface area contributed by atoms with Crippen molar-refractivity contribution in [3.63, 3.8) is 0 Å². The third-order valence-electron chi connectivity index (χ3n) is 4.03. The summed E-state index contributed by atoms with van der Waals surface area (Å²) in [5.41, 5.74) is 7.71. The van der Waals surface area contributed by atoms with Gasteiger partial charge in [0.25, 0.3) is 0 Å². The van der Waals surface area contributed by atoms with Gasteiger partial charge >= 0.3 is 6.09 Å². The van der Waals surface area contributed by atoms with E-state index >= 15 is 0 Å². The van der Waals surface area contributed by atoms with Gasteiger partial charge in [-0.2, -0.15) is 0 Å². The second-order valence-corrected chi connectivity index (χ2v) is 6.89. The predicted octanol–water partition coefficient (Wildman–Crippen LogP) is 3.80. The van der Waals surface area contributed by atoms with Gasteiger partial charge in [-0.05, 0) is 42.4 Å². The molecular weight excluding hydrogens is 264 g/mol. The second kappa shape index (κ2) is 6.37. The fourth-order valence-electron chi connectivity index (χ4n) is 2.85. The zero-order valence-electron chi connectivity index (χ0n) is 13.2. The average Bonchev–Trinajstić information content (AvgIpc) is 2.38. The van der Waals surface area contributed by atoms with E-state index in [1.807, 2.05) is 0 Å². The first-order chi connectivity index (χ1) is 9.84. The largest absolute Gasteiger partial charge is 0.446 e. The van der Waals surface area contributed by atoms with Crippen LogP contribution in [0.1, 0.15) is 52.0 Å². The minimum Gasteiger partial charge on any atom is -0.446 e. The van der Waals surface area contributed by atoms with Gasteiger partial charge in [-0.25, -0.2) is 4.79 Å². The van der Waals surface area contributed by atoms with E-state index in [1.165, 1.54) is 5.56 Å². The van der Waals surface area contributed by atoms with Gasteiger partial charge in [0.1, 0.15) is 6.10 Å². The molecule has 1 saturated carbocycles. The van der Waals surface area contributed by atoms with E-state index in [0.29, 0.717) is 6.04 Å². The van der Waals surface area contributed by atoms with E-state index in [1.54, 1.807) is 0 Å². The molecule has 4 heteroatoms. The maximum absolute atomic E-state index is 10.8. The van der Waals surface area contributed by atoms with Crippen LogP contribution in [0.3, 0.4) is 0 Å². The third-order valence-corrected chi connectivity index (χ3v) is 4.03. The molecule has 3 N–H and O–H groups in total. The Morgan fingerprint density at radius 2 is 1.90 bits per heavy atom. The molecule has 2 rings (SSSR count). The summed E-state index contributed by atoms with van der Waals surface area (Å²) in [6.45, 7) is 6.63. The number of amides is 1. The van der Waals surface area contributed by atoms with Crippen molar-refractivity contribution in [2.45, 2.75) is 64.0 Å². The lowest BCUT2D eigenvalue weighted by molar-refractivity contribution is 0.0797. The Hall–Kier alpha value is -1.71. The summed E-state index contributed by atoms with van der Waals surface area (Å²) in [4.78, 5) is 10.8. The van der Waals surface area contributed by atoms with Crippen molar-refractivity contribution < 1.29 is 9.53 Å². The van der Waals surface area contributed by atoms with E-state index < -0.39 is 6.09 Å². The van der Waals surface area contributed by atoms with Gasteiger partial charge in [-0.3, -0.25) is 0 Å². The van der Waals surface area contributed by atoms with Crippen LogP contribution in [-0.4, -0.2) is 18.2 Å². The van der Waals surface area contributed by atoms with Crippen molar-refractivity contribution in [1.29, 1.82) is 0 Å². The maximum atomic E-state index is 10.8. The molecule has 0 aromatic heterocycles. The van der Waals surface area contributed by atoms with Gasteiger partial charge in [-0.15, -0.1) is 0 Å². The van der Waals surface area contributed by atoms with Gasteiger partial charge in [-0.1, -0.05) is 32.9 Å². The number of rotatable bonds is 3. The van der Waals surface area contributed by atoms with Crippen LogP contribution in [0.5, 0.6) is 0 Å². The molecule has 1 fully saturated rings. The molecule has 1 aliphatic carbocycles. The summed E-state index contributed by atoms with van der Waals surface area (Å²) in [5, 5.41) is 3.53. The molecule has 1 aromatic rings. The number of nitrogens with one attached hydrogen (secondary N) is 1. The van der Waals surface area contributed by atoms with E-state index in [9.17, 15) is 4.79 Å². The smallest absolute Gasteiger partial charge is 0.404 e. The molecule has 1 amide bonds. The minimum atomic E-state index is -0.671. The molecule has 0 bridgehead atoms. The lowest BCUT2D eigenvalue weighted by Crippen LogP contribution is -2.34. The summed E-state index contributed by atoms with van der Waals surface area (Å²) in [6, 6.07) is 8.92. The SMILES string of the molecule is CC(C)(C)c1ccc(NC2CCCC(OC(N)=O)C2)cc1. The first kappa shape index (κ1) is 15.7. The lowest BCUT2D eigenvalue weighted by Gasteiger charge is -2.30. The highest BCUT2D eigenvalue weighted by molar-refractivity contribution is 5.64. The average molecular weight is 290 g/mol. The zero-order chi connectivity index (χ0) is 15.5. The molecule has 2 unspecified atom stereocenters. The summed E-state index contributed by atoms with van der Waals surface area (Å²) < 4.78 is 5.12. The normalized spacial score (nSPS) is 22.6. The van der Waals surface area contributed by atoms with Crippen molar-refractivity contribution >= 4 is 11.8 Å². The first-order valence-electron chi connectivity index (χ1n) is 7.68. The molecule has 0 heterocycles. The summed E-state index contributed by atoms with van der Waals surface area (Å²) >= 11 is 0. The molecule has 4 nitrogen and oxygen atoms in total. The third kappa shape index (κ3) is 4.66. The Morgan fingerprint density at radius 1 is 1.24 bits per heavy atom. The van der Waals surface area contributed by atoms with Crippen LogP contribution >= 0.6 is 0 Å². The summed E-state index contributed by atoms with van der Waals surface area (Å²) in [6.07, 6.45) is 3.15. The molecule has 2 atom stereocenters. The Morgan fingerprint density at radius 3 is 2.48 bits per heavy atom. The van der Waals surface area contributed by atoms with Crippen molar-refractivity contribution in [2.75, 3.05) is 5.32 Å². The number of hydrogen-bond acceptors (Lipinski definition) is 3. The van der Waals surface area contributed by atoms with E-state index in [-0.39, 0.29) is 11.5 Å². The van der Waals surface area contributed by atoms with E-state index in [4.69, 9.17) is 10.5 Å². The zero-order valence-corrected chi connectivity index (χ0v) is 13.2. The first-order valence-corrected chi connectivity index (χ1v) is 7.68. The fourth-order valence-corrected chi connectivity index (χ4v) is 2.85. The highest BCUT2D eigenvalue weighted by Crippen LogP contribution is 2.26.